The van der Waals surface area contributed by atoms with E-state index in [4.69, 9.17) is 0 Å². The van der Waals surface area contributed by atoms with Gasteiger partial charge in [-0.15, -0.1) is 12.6 Å². The summed E-state index contributed by atoms with van der Waals surface area (Å²) in [5, 5.41) is 2.31. The van der Waals surface area contributed by atoms with Crippen LogP contribution in [0, 0.1) is 0 Å². The third-order valence-electron chi connectivity index (χ3n) is 1.80. The predicted octanol–water partition coefficient (Wildman–Crippen LogP) is 2.35. The van der Waals surface area contributed by atoms with E-state index >= 15 is 0 Å². The molecule has 15 heavy (non-hydrogen) atoms. The van der Waals surface area contributed by atoms with Crippen molar-refractivity contribution in [3.63, 3.8) is 0 Å². The second kappa shape index (κ2) is 4.14. The normalized spacial score (nSPS) is 11.3. The van der Waals surface area contributed by atoms with Gasteiger partial charge in [-0.25, -0.2) is 0 Å². The van der Waals surface area contributed by atoms with Gasteiger partial charge in [-0.05, 0) is 18.2 Å². The summed E-state index contributed by atoms with van der Waals surface area (Å²) in [7, 11) is 1.40. The summed E-state index contributed by atoms with van der Waals surface area (Å²) in [6.45, 7) is 0. The van der Waals surface area contributed by atoms with Crippen molar-refractivity contribution in [1.29, 1.82) is 0 Å². The number of amides is 1. The molecule has 0 aliphatic heterocycles. The van der Waals surface area contributed by atoms with E-state index < -0.39 is 17.6 Å². The summed E-state index contributed by atoms with van der Waals surface area (Å²) in [6.07, 6.45) is -4.42. The monoisotopic (exact) mass is 235 g/mol. The number of halogens is 3. The van der Waals surface area contributed by atoms with Gasteiger partial charge >= 0.3 is 6.18 Å². The fourth-order valence-corrected chi connectivity index (χ4v) is 1.35. The van der Waals surface area contributed by atoms with Crippen LogP contribution < -0.4 is 5.32 Å². The van der Waals surface area contributed by atoms with E-state index in [1.54, 1.807) is 0 Å². The van der Waals surface area contributed by atoms with Gasteiger partial charge in [0.15, 0.2) is 0 Å². The highest BCUT2D eigenvalue weighted by molar-refractivity contribution is 7.80. The van der Waals surface area contributed by atoms with E-state index in [-0.39, 0.29) is 10.5 Å². The smallest absolute Gasteiger partial charge is 0.355 e. The van der Waals surface area contributed by atoms with Crippen LogP contribution in [0.15, 0.2) is 23.1 Å². The molecule has 6 heteroatoms. The Morgan fingerprint density at radius 1 is 1.40 bits per heavy atom. The van der Waals surface area contributed by atoms with Crippen molar-refractivity contribution in [2.24, 2.45) is 0 Å². The quantitative estimate of drug-likeness (QED) is 0.719. The van der Waals surface area contributed by atoms with Gasteiger partial charge in [0.2, 0.25) is 0 Å². The maximum absolute atomic E-state index is 12.2. The molecule has 0 bridgehead atoms. The van der Waals surface area contributed by atoms with Crippen molar-refractivity contribution in [2.75, 3.05) is 7.05 Å². The molecule has 1 aromatic rings. The van der Waals surface area contributed by atoms with E-state index in [1.165, 1.54) is 7.05 Å². The molecule has 1 rings (SSSR count). The van der Waals surface area contributed by atoms with E-state index in [1.807, 2.05) is 0 Å². The molecule has 1 aromatic carbocycles. The lowest BCUT2D eigenvalue weighted by Gasteiger charge is -2.09. The highest BCUT2D eigenvalue weighted by Crippen LogP contribution is 2.31. The van der Waals surface area contributed by atoms with Crippen LogP contribution in [0.1, 0.15) is 15.9 Å². The summed E-state index contributed by atoms with van der Waals surface area (Å²) in [5.74, 6) is -0.464. The highest BCUT2D eigenvalue weighted by atomic mass is 32.1. The molecule has 0 aromatic heterocycles. The fraction of sp³-hybridized carbons (Fsp3) is 0.222. The summed E-state index contributed by atoms with van der Waals surface area (Å²) in [5.41, 5.74) is -0.700. The average Bonchev–Trinajstić information content (AvgIpc) is 2.15. The molecule has 1 amide bonds. The SMILES string of the molecule is CNC(=O)c1ccc(C(F)(F)F)cc1S. The molecule has 82 valence electrons. The van der Waals surface area contributed by atoms with Crippen molar-refractivity contribution >= 4 is 18.5 Å². The maximum atomic E-state index is 12.2. The van der Waals surface area contributed by atoms with Gasteiger partial charge in [-0.2, -0.15) is 13.2 Å². The van der Waals surface area contributed by atoms with Crippen LogP contribution in [0.2, 0.25) is 0 Å². The van der Waals surface area contributed by atoms with Crippen LogP contribution in [0.3, 0.4) is 0 Å². The van der Waals surface area contributed by atoms with Crippen molar-refractivity contribution < 1.29 is 18.0 Å². The first-order chi connectivity index (χ1) is 6.86. The number of thiol groups is 1. The minimum atomic E-state index is -4.42. The molecule has 0 radical (unpaired) electrons. The molecular weight excluding hydrogens is 227 g/mol. The van der Waals surface area contributed by atoms with Gasteiger partial charge in [-0.3, -0.25) is 4.79 Å². The van der Waals surface area contributed by atoms with Crippen LogP contribution in [0.4, 0.5) is 13.2 Å². The van der Waals surface area contributed by atoms with Crippen molar-refractivity contribution in [3.8, 4) is 0 Å². The molecule has 1 N–H and O–H groups in total. The standard InChI is InChI=1S/C9H8F3NOS/c1-13-8(14)6-3-2-5(4-7(6)15)9(10,11)12/h2-4,15H,1H3,(H,13,14). The number of benzene rings is 1. The van der Waals surface area contributed by atoms with Gasteiger partial charge in [-0.1, -0.05) is 0 Å². The zero-order valence-electron chi connectivity index (χ0n) is 7.72. The van der Waals surface area contributed by atoms with Gasteiger partial charge in [0.25, 0.3) is 5.91 Å². The number of hydrogen-bond acceptors (Lipinski definition) is 2. The third-order valence-corrected chi connectivity index (χ3v) is 2.17. The maximum Gasteiger partial charge on any atom is 0.416 e. The van der Waals surface area contributed by atoms with Crippen LogP contribution in [0.25, 0.3) is 0 Å². The number of rotatable bonds is 1. The number of alkyl halides is 3. The Labute approximate surface area is 89.9 Å². The van der Waals surface area contributed by atoms with Crippen LogP contribution in [-0.4, -0.2) is 13.0 Å². The average molecular weight is 235 g/mol. The van der Waals surface area contributed by atoms with Crippen LogP contribution in [0.5, 0.6) is 0 Å². The van der Waals surface area contributed by atoms with Crippen molar-refractivity contribution in [1.82, 2.24) is 5.32 Å². The first kappa shape index (κ1) is 11.9. The lowest BCUT2D eigenvalue weighted by molar-refractivity contribution is -0.137. The van der Waals surface area contributed by atoms with Gasteiger partial charge in [0.1, 0.15) is 0 Å². The van der Waals surface area contributed by atoms with Crippen molar-refractivity contribution in [2.45, 2.75) is 11.1 Å². The summed E-state index contributed by atoms with van der Waals surface area (Å²) in [4.78, 5) is 11.2. The molecule has 0 heterocycles. The molecule has 0 spiro atoms. The summed E-state index contributed by atoms with van der Waals surface area (Å²) < 4.78 is 36.7. The number of carbonyl (C=O) groups is 1. The number of hydrogen-bond donors (Lipinski definition) is 2. The molecule has 0 aliphatic rings. The Bertz CT molecular complexity index is 389. The first-order valence-electron chi connectivity index (χ1n) is 3.98. The van der Waals surface area contributed by atoms with Gasteiger partial charge in [0, 0.05) is 11.9 Å². The molecule has 0 atom stereocenters. The third kappa shape index (κ3) is 2.65. The Morgan fingerprint density at radius 3 is 2.40 bits per heavy atom. The predicted molar refractivity (Wildman–Crippen MR) is 52.1 cm³/mol. The summed E-state index contributed by atoms with van der Waals surface area (Å²) >= 11 is 3.83. The molecule has 2 nitrogen and oxygen atoms in total. The Kier molecular flexibility index (Phi) is 3.28. The molecule has 0 aliphatic carbocycles. The van der Waals surface area contributed by atoms with Gasteiger partial charge < -0.3 is 5.32 Å². The molecule has 0 saturated carbocycles. The van der Waals surface area contributed by atoms with Crippen LogP contribution >= 0.6 is 12.6 Å². The van der Waals surface area contributed by atoms with Crippen molar-refractivity contribution in [3.05, 3.63) is 29.3 Å². The zero-order chi connectivity index (χ0) is 11.6. The van der Waals surface area contributed by atoms with E-state index in [2.05, 4.69) is 17.9 Å². The van der Waals surface area contributed by atoms with E-state index in [9.17, 15) is 18.0 Å². The zero-order valence-corrected chi connectivity index (χ0v) is 8.62. The molecule has 0 saturated heterocycles. The first-order valence-corrected chi connectivity index (χ1v) is 4.43. The largest absolute Gasteiger partial charge is 0.416 e. The molecule has 0 unspecified atom stereocenters. The van der Waals surface area contributed by atoms with E-state index in [0.29, 0.717) is 0 Å². The lowest BCUT2D eigenvalue weighted by Crippen LogP contribution is -2.18. The fourth-order valence-electron chi connectivity index (χ4n) is 1.03. The minimum Gasteiger partial charge on any atom is -0.355 e. The number of nitrogens with one attached hydrogen (secondary N) is 1. The Hall–Kier alpha value is -1.17. The van der Waals surface area contributed by atoms with E-state index in [0.717, 1.165) is 18.2 Å². The Morgan fingerprint density at radius 2 is 2.00 bits per heavy atom. The summed E-state index contributed by atoms with van der Waals surface area (Å²) in [6, 6.07) is 2.78. The van der Waals surface area contributed by atoms with Gasteiger partial charge in [0.05, 0.1) is 11.1 Å². The Balaban J connectivity index is 3.15. The van der Waals surface area contributed by atoms with Crippen LogP contribution in [-0.2, 0) is 6.18 Å². The molecular formula is C9H8F3NOS. The second-order valence-electron chi connectivity index (χ2n) is 2.81. The number of carbonyl (C=O) groups excluding carboxylic acids is 1. The molecule has 0 fully saturated rings. The minimum absolute atomic E-state index is 0.00387. The topological polar surface area (TPSA) is 29.1 Å². The highest BCUT2D eigenvalue weighted by Gasteiger charge is 2.31. The lowest BCUT2D eigenvalue weighted by atomic mass is 10.1. The second-order valence-corrected chi connectivity index (χ2v) is 3.29.